The molecule has 1 aliphatic rings. The van der Waals surface area contributed by atoms with Crippen LogP contribution in [0.1, 0.15) is 17.8 Å². The van der Waals surface area contributed by atoms with Crippen molar-refractivity contribution in [3.8, 4) is 0 Å². The van der Waals surface area contributed by atoms with Crippen molar-refractivity contribution >= 4 is 9.84 Å². The third-order valence-electron chi connectivity index (χ3n) is 4.22. The first-order valence-corrected chi connectivity index (χ1v) is 9.30. The maximum Gasteiger partial charge on any atom is 0.151 e. The molecule has 118 valence electrons. The van der Waals surface area contributed by atoms with E-state index in [2.05, 4.69) is 26.6 Å². The molecule has 2 aromatic rings. The van der Waals surface area contributed by atoms with Crippen LogP contribution in [0.4, 0.5) is 0 Å². The van der Waals surface area contributed by atoms with E-state index in [1.807, 2.05) is 31.4 Å². The van der Waals surface area contributed by atoms with Gasteiger partial charge in [-0.15, -0.1) is 0 Å². The Hall–Kier alpha value is -1.66. The van der Waals surface area contributed by atoms with Crippen molar-refractivity contribution in [1.29, 1.82) is 0 Å². The van der Waals surface area contributed by atoms with Crippen LogP contribution < -0.4 is 0 Å². The summed E-state index contributed by atoms with van der Waals surface area (Å²) in [5, 5.41) is 0. The summed E-state index contributed by atoms with van der Waals surface area (Å²) in [5.41, 5.74) is 1.23. The highest BCUT2D eigenvalue weighted by Gasteiger charge is 2.30. The average molecular weight is 319 g/mol. The highest BCUT2D eigenvalue weighted by atomic mass is 32.2. The molecule has 0 N–H and O–H groups in total. The third kappa shape index (κ3) is 3.56. The van der Waals surface area contributed by atoms with Crippen molar-refractivity contribution in [2.45, 2.75) is 25.6 Å². The summed E-state index contributed by atoms with van der Waals surface area (Å²) in [7, 11) is -0.868. The first-order valence-electron chi connectivity index (χ1n) is 7.48. The lowest BCUT2D eigenvalue weighted by atomic mass is 10.2. The topological polar surface area (TPSA) is 55.2 Å². The van der Waals surface area contributed by atoms with Crippen LogP contribution in [0.25, 0.3) is 0 Å². The van der Waals surface area contributed by atoms with Crippen LogP contribution in [0.5, 0.6) is 0 Å². The Morgan fingerprint density at radius 3 is 2.77 bits per heavy atom. The van der Waals surface area contributed by atoms with Gasteiger partial charge in [0.15, 0.2) is 9.84 Å². The van der Waals surface area contributed by atoms with Gasteiger partial charge < -0.3 is 4.57 Å². The monoisotopic (exact) mass is 319 g/mol. The van der Waals surface area contributed by atoms with Crippen molar-refractivity contribution in [3.05, 3.63) is 54.1 Å². The second kappa shape index (κ2) is 6.22. The molecule has 1 aliphatic heterocycles. The van der Waals surface area contributed by atoms with E-state index in [0.29, 0.717) is 12.3 Å². The molecule has 1 aromatic heterocycles. The molecule has 1 fully saturated rings. The Balaban J connectivity index is 1.67. The SMILES string of the molecule is CN(Cc1nccn1Cc1ccccc1)C1CCS(=O)(=O)C1. The lowest BCUT2D eigenvalue weighted by molar-refractivity contribution is 0.245. The van der Waals surface area contributed by atoms with E-state index in [1.54, 1.807) is 6.20 Å². The average Bonchev–Trinajstić information content (AvgIpc) is 3.07. The molecule has 0 aliphatic carbocycles. The van der Waals surface area contributed by atoms with Crippen molar-refractivity contribution < 1.29 is 8.42 Å². The summed E-state index contributed by atoms with van der Waals surface area (Å²) in [5.74, 6) is 1.54. The molecule has 0 spiro atoms. The molecule has 2 heterocycles. The first-order chi connectivity index (χ1) is 10.5. The number of imidazole rings is 1. The Bertz CT molecular complexity index is 725. The molecule has 3 rings (SSSR count). The summed E-state index contributed by atoms with van der Waals surface area (Å²) in [6.07, 6.45) is 4.50. The number of rotatable bonds is 5. The second-order valence-electron chi connectivity index (χ2n) is 5.93. The largest absolute Gasteiger partial charge is 0.329 e. The Morgan fingerprint density at radius 2 is 2.09 bits per heavy atom. The molecular formula is C16H21N3O2S. The zero-order valence-electron chi connectivity index (χ0n) is 12.7. The van der Waals surface area contributed by atoms with Gasteiger partial charge in [0.1, 0.15) is 5.82 Å². The van der Waals surface area contributed by atoms with Gasteiger partial charge in [-0.05, 0) is 19.0 Å². The summed E-state index contributed by atoms with van der Waals surface area (Å²) in [4.78, 5) is 6.54. The number of benzene rings is 1. The lowest BCUT2D eigenvalue weighted by Crippen LogP contribution is -2.33. The molecule has 0 saturated carbocycles. The number of hydrogen-bond donors (Lipinski definition) is 0. The predicted molar refractivity (Wildman–Crippen MR) is 86.3 cm³/mol. The van der Waals surface area contributed by atoms with E-state index in [-0.39, 0.29) is 11.8 Å². The molecule has 0 radical (unpaired) electrons. The van der Waals surface area contributed by atoms with Gasteiger partial charge in [0.05, 0.1) is 18.1 Å². The van der Waals surface area contributed by atoms with Crippen LogP contribution in [0.3, 0.4) is 0 Å². The molecule has 1 aromatic carbocycles. The molecule has 1 saturated heterocycles. The van der Waals surface area contributed by atoms with Crippen molar-refractivity contribution in [1.82, 2.24) is 14.5 Å². The van der Waals surface area contributed by atoms with Crippen molar-refractivity contribution in [3.63, 3.8) is 0 Å². The Kier molecular flexibility index (Phi) is 4.31. The van der Waals surface area contributed by atoms with Crippen LogP contribution in [0.15, 0.2) is 42.7 Å². The van der Waals surface area contributed by atoms with Crippen LogP contribution in [0.2, 0.25) is 0 Å². The highest BCUT2D eigenvalue weighted by molar-refractivity contribution is 7.91. The zero-order chi connectivity index (χ0) is 15.6. The molecule has 22 heavy (non-hydrogen) atoms. The van der Waals surface area contributed by atoms with E-state index >= 15 is 0 Å². The van der Waals surface area contributed by atoms with E-state index in [1.165, 1.54) is 5.56 Å². The fourth-order valence-corrected chi connectivity index (χ4v) is 4.70. The van der Waals surface area contributed by atoms with Gasteiger partial charge in [-0.3, -0.25) is 4.90 Å². The van der Waals surface area contributed by atoms with E-state index in [9.17, 15) is 8.42 Å². The van der Waals surface area contributed by atoms with Crippen molar-refractivity contribution in [2.75, 3.05) is 18.6 Å². The normalized spacial score (nSPS) is 20.5. The Labute approximate surface area is 131 Å². The Morgan fingerprint density at radius 1 is 1.32 bits per heavy atom. The smallest absolute Gasteiger partial charge is 0.151 e. The second-order valence-corrected chi connectivity index (χ2v) is 8.16. The lowest BCUT2D eigenvalue weighted by Gasteiger charge is -2.23. The number of sulfone groups is 1. The fraction of sp³-hybridized carbons (Fsp3) is 0.438. The van der Waals surface area contributed by atoms with E-state index < -0.39 is 9.84 Å². The number of nitrogens with zero attached hydrogens (tertiary/aromatic N) is 3. The van der Waals surface area contributed by atoms with Gasteiger partial charge in [-0.25, -0.2) is 13.4 Å². The molecule has 1 unspecified atom stereocenters. The number of hydrogen-bond acceptors (Lipinski definition) is 4. The summed E-state index contributed by atoms with van der Waals surface area (Å²) in [6, 6.07) is 10.4. The standard InChI is InChI=1S/C16H21N3O2S/c1-18(15-7-10-22(20,21)13-15)12-16-17-8-9-19(16)11-14-5-3-2-4-6-14/h2-6,8-9,15H,7,10-13H2,1H3. The first kappa shape index (κ1) is 15.2. The van der Waals surface area contributed by atoms with Gasteiger partial charge in [0.2, 0.25) is 0 Å². The summed E-state index contributed by atoms with van der Waals surface area (Å²) < 4.78 is 25.3. The third-order valence-corrected chi connectivity index (χ3v) is 5.97. The minimum atomic E-state index is -2.85. The molecule has 5 nitrogen and oxygen atoms in total. The van der Waals surface area contributed by atoms with Crippen LogP contribution >= 0.6 is 0 Å². The molecule has 0 bridgehead atoms. The molecule has 1 atom stereocenters. The molecule has 0 amide bonds. The van der Waals surface area contributed by atoms with E-state index in [4.69, 9.17) is 0 Å². The van der Waals surface area contributed by atoms with Gasteiger partial charge in [-0.2, -0.15) is 0 Å². The summed E-state index contributed by atoms with van der Waals surface area (Å²) in [6.45, 7) is 1.45. The molecular weight excluding hydrogens is 298 g/mol. The van der Waals surface area contributed by atoms with Gasteiger partial charge in [0, 0.05) is 25.0 Å². The number of aromatic nitrogens is 2. The van der Waals surface area contributed by atoms with E-state index in [0.717, 1.165) is 18.8 Å². The van der Waals surface area contributed by atoms with Gasteiger partial charge >= 0.3 is 0 Å². The fourth-order valence-electron chi connectivity index (χ4n) is 2.89. The van der Waals surface area contributed by atoms with Gasteiger partial charge in [0.25, 0.3) is 0 Å². The van der Waals surface area contributed by atoms with Crippen LogP contribution in [-0.4, -0.2) is 47.5 Å². The van der Waals surface area contributed by atoms with Gasteiger partial charge in [-0.1, -0.05) is 30.3 Å². The van der Waals surface area contributed by atoms with Crippen LogP contribution in [-0.2, 0) is 22.9 Å². The maximum atomic E-state index is 11.6. The van der Waals surface area contributed by atoms with Crippen molar-refractivity contribution in [2.24, 2.45) is 0 Å². The minimum Gasteiger partial charge on any atom is -0.329 e. The minimum absolute atomic E-state index is 0.104. The zero-order valence-corrected chi connectivity index (χ0v) is 13.5. The quantitative estimate of drug-likeness (QED) is 0.839. The molecule has 6 heteroatoms. The maximum absolute atomic E-state index is 11.6. The predicted octanol–water partition coefficient (Wildman–Crippen LogP) is 1.55. The van der Waals surface area contributed by atoms with Crippen LogP contribution in [0, 0.1) is 0 Å². The highest BCUT2D eigenvalue weighted by Crippen LogP contribution is 2.18. The summed E-state index contributed by atoms with van der Waals surface area (Å²) >= 11 is 0.